The van der Waals surface area contributed by atoms with Crippen LogP contribution in [0.2, 0.25) is 0 Å². The largest absolute Gasteiger partial charge is 0.252 e. The molecule has 8 aromatic rings. The fraction of sp³-hybridized carbons (Fsp3) is 0. The van der Waals surface area contributed by atoms with Crippen molar-refractivity contribution in [2.24, 2.45) is 0 Å². The molecule has 0 saturated carbocycles. The second kappa shape index (κ2) is 8.22. The molecular weight excluding hydrogens is 460 g/mol. The molecule has 0 aliphatic rings. The molecule has 0 saturated heterocycles. The number of benzene rings is 7. The minimum Gasteiger partial charge on any atom is -0.252 e. The van der Waals surface area contributed by atoms with Crippen molar-refractivity contribution in [3.05, 3.63) is 134 Å². The number of fused-ring (bicyclic) bond motifs is 9. The monoisotopic (exact) mass is 481 g/mol. The standard InChI is InChI=1S/C36H21N2/c1-2-13-26-24(10-1)21-33(30-17-4-3-14-27(26)30)23-11-9-12-25(20-23)34-22-37-35-31-18-7-5-15-28(31)29-16-6-8-19-32(29)36(35)38-34/h1-11,13-22H. The van der Waals surface area contributed by atoms with Gasteiger partial charge in [-0.25, -0.2) is 4.98 Å². The number of rotatable bonds is 2. The summed E-state index contributed by atoms with van der Waals surface area (Å²) in [7, 11) is 0. The quantitative estimate of drug-likeness (QED) is 0.230. The molecule has 0 unspecified atom stereocenters. The van der Waals surface area contributed by atoms with Crippen LogP contribution in [-0.4, -0.2) is 9.97 Å². The van der Waals surface area contributed by atoms with Gasteiger partial charge in [0.2, 0.25) is 0 Å². The topological polar surface area (TPSA) is 25.8 Å². The fourth-order valence-corrected chi connectivity index (χ4v) is 5.83. The van der Waals surface area contributed by atoms with E-state index in [9.17, 15) is 0 Å². The van der Waals surface area contributed by atoms with Crippen molar-refractivity contribution >= 4 is 54.1 Å². The second-order valence-corrected chi connectivity index (χ2v) is 9.73. The van der Waals surface area contributed by atoms with E-state index < -0.39 is 0 Å². The molecule has 0 fully saturated rings. The summed E-state index contributed by atoms with van der Waals surface area (Å²) in [6.45, 7) is 0. The highest BCUT2D eigenvalue weighted by atomic mass is 14.8. The number of hydrogen-bond acceptors (Lipinski definition) is 2. The van der Waals surface area contributed by atoms with Crippen molar-refractivity contribution < 1.29 is 0 Å². The maximum Gasteiger partial charge on any atom is 0.0979 e. The van der Waals surface area contributed by atoms with Crippen LogP contribution < -0.4 is 0 Å². The van der Waals surface area contributed by atoms with E-state index in [1.54, 1.807) is 0 Å². The third-order valence-corrected chi connectivity index (χ3v) is 7.58. The van der Waals surface area contributed by atoms with E-state index in [0.717, 1.165) is 38.6 Å². The summed E-state index contributed by atoms with van der Waals surface area (Å²) in [4.78, 5) is 10.1. The Morgan fingerprint density at radius 1 is 0.500 bits per heavy atom. The molecule has 1 radical (unpaired) electrons. The van der Waals surface area contributed by atoms with Gasteiger partial charge in [0, 0.05) is 16.3 Å². The van der Waals surface area contributed by atoms with Gasteiger partial charge in [0.15, 0.2) is 0 Å². The van der Waals surface area contributed by atoms with E-state index in [2.05, 4.69) is 121 Å². The molecule has 1 heterocycles. The SMILES string of the molecule is [c]1ccc(-c2cc3ccccc3c3ccccc23)cc1-c1cnc2c3ccccc3c3ccccc3c2n1. The zero-order valence-electron chi connectivity index (χ0n) is 20.5. The lowest BCUT2D eigenvalue weighted by Gasteiger charge is -2.13. The Balaban J connectivity index is 1.36. The van der Waals surface area contributed by atoms with Crippen molar-refractivity contribution in [1.82, 2.24) is 9.97 Å². The van der Waals surface area contributed by atoms with E-state index in [1.807, 2.05) is 12.3 Å². The Hall–Kier alpha value is -5.08. The number of nitrogens with zero attached hydrogens (tertiary/aromatic N) is 2. The van der Waals surface area contributed by atoms with Crippen molar-refractivity contribution in [2.75, 3.05) is 0 Å². The number of aromatic nitrogens is 2. The minimum absolute atomic E-state index is 0.824. The van der Waals surface area contributed by atoms with Gasteiger partial charge < -0.3 is 0 Å². The van der Waals surface area contributed by atoms with Gasteiger partial charge in [0.05, 0.1) is 22.9 Å². The summed E-state index contributed by atoms with van der Waals surface area (Å²) < 4.78 is 0. The van der Waals surface area contributed by atoms with Crippen LogP contribution >= 0.6 is 0 Å². The molecule has 38 heavy (non-hydrogen) atoms. The maximum absolute atomic E-state index is 5.18. The summed E-state index contributed by atoms with van der Waals surface area (Å²) in [6, 6.07) is 46.2. The molecule has 175 valence electrons. The van der Waals surface area contributed by atoms with Gasteiger partial charge in [-0.05, 0) is 61.6 Å². The molecule has 2 nitrogen and oxygen atoms in total. The highest BCUT2D eigenvalue weighted by Crippen LogP contribution is 2.37. The maximum atomic E-state index is 5.18. The summed E-state index contributed by atoms with van der Waals surface area (Å²) in [6.07, 6.45) is 1.89. The Labute approximate surface area is 219 Å². The highest BCUT2D eigenvalue weighted by Gasteiger charge is 2.13. The smallest absolute Gasteiger partial charge is 0.0979 e. The summed E-state index contributed by atoms with van der Waals surface area (Å²) in [5.41, 5.74) is 5.97. The molecule has 0 amide bonds. The molecule has 8 rings (SSSR count). The zero-order chi connectivity index (χ0) is 25.1. The van der Waals surface area contributed by atoms with Crippen LogP contribution in [0.1, 0.15) is 0 Å². The van der Waals surface area contributed by atoms with Crippen LogP contribution in [0.5, 0.6) is 0 Å². The van der Waals surface area contributed by atoms with Crippen molar-refractivity contribution in [3.63, 3.8) is 0 Å². The van der Waals surface area contributed by atoms with Gasteiger partial charge in [-0.3, -0.25) is 4.98 Å². The molecule has 0 aliphatic heterocycles. The van der Waals surface area contributed by atoms with E-state index >= 15 is 0 Å². The normalized spacial score (nSPS) is 11.7. The first-order chi connectivity index (χ1) is 18.8. The number of hydrogen-bond donors (Lipinski definition) is 0. The molecule has 2 heteroatoms. The summed E-state index contributed by atoms with van der Waals surface area (Å²) in [5, 5.41) is 9.65. The first kappa shape index (κ1) is 21.0. The summed E-state index contributed by atoms with van der Waals surface area (Å²) in [5.74, 6) is 0. The molecule has 1 aromatic heterocycles. The molecule has 0 aliphatic carbocycles. The van der Waals surface area contributed by atoms with Gasteiger partial charge in [0.1, 0.15) is 0 Å². The van der Waals surface area contributed by atoms with Crippen molar-refractivity contribution in [2.45, 2.75) is 0 Å². The molecule has 0 N–H and O–H groups in total. The Morgan fingerprint density at radius 2 is 1.08 bits per heavy atom. The molecule has 7 aromatic carbocycles. The van der Waals surface area contributed by atoms with Crippen LogP contribution in [-0.2, 0) is 0 Å². The predicted octanol–water partition coefficient (Wildman–Crippen LogP) is 9.38. The van der Waals surface area contributed by atoms with E-state index in [1.165, 1.54) is 37.9 Å². The van der Waals surface area contributed by atoms with Crippen LogP contribution in [0.25, 0.3) is 76.5 Å². The Morgan fingerprint density at radius 3 is 1.82 bits per heavy atom. The Bertz CT molecular complexity index is 2160. The minimum atomic E-state index is 0.824. The van der Waals surface area contributed by atoms with Gasteiger partial charge in [0.25, 0.3) is 0 Å². The predicted molar refractivity (Wildman–Crippen MR) is 159 cm³/mol. The highest BCUT2D eigenvalue weighted by molar-refractivity contribution is 6.23. The third kappa shape index (κ3) is 3.14. The Kier molecular flexibility index (Phi) is 4.55. The lowest BCUT2D eigenvalue weighted by Crippen LogP contribution is -1.93. The molecule has 0 spiro atoms. The van der Waals surface area contributed by atoms with Crippen molar-refractivity contribution in [1.29, 1.82) is 0 Å². The van der Waals surface area contributed by atoms with Gasteiger partial charge in [-0.15, -0.1) is 0 Å². The lowest BCUT2D eigenvalue weighted by molar-refractivity contribution is 1.31. The first-order valence-electron chi connectivity index (χ1n) is 12.8. The summed E-state index contributed by atoms with van der Waals surface area (Å²) >= 11 is 0. The van der Waals surface area contributed by atoms with Gasteiger partial charge in [-0.1, -0.05) is 109 Å². The van der Waals surface area contributed by atoms with E-state index in [4.69, 9.17) is 9.97 Å². The van der Waals surface area contributed by atoms with Crippen LogP contribution in [0.4, 0.5) is 0 Å². The first-order valence-corrected chi connectivity index (χ1v) is 12.8. The third-order valence-electron chi connectivity index (χ3n) is 7.58. The second-order valence-electron chi connectivity index (χ2n) is 9.73. The van der Waals surface area contributed by atoms with E-state index in [0.29, 0.717) is 0 Å². The fourth-order valence-electron chi connectivity index (χ4n) is 5.83. The molecule has 0 atom stereocenters. The average molecular weight is 482 g/mol. The average Bonchev–Trinajstić information content (AvgIpc) is 3.00. The van der Waals surface area contributed by atoms with E-state index in [-0.39, 0.29) is 0 Å². The van der Waals surface area contributed by atoms with Crippen LogP contribution in [0.3, 0.4) is 0 Å². The lowest BCUT2D eigenvalue weighted by atomic mass is 9.92. The molecular formula is C36H21N2. The van der Waals surface area contributed by atoms with Gasteiger partial charge >= 0.3 is 0 Å². The van der Waals surface area contributed by atoms with Crippen molar-refractivity contribution in [3.8, 4) is 22.4 Å². The molecule has 0 bridgehead atoms. The van der Waals surface area contributed by atoms with Gasteiger partial charge in [-0.2, -0.15) is 0 Å². The van der Waals surface area contributed by atoms with Crippen LogP contribution in [0.15, 0.2) is 128 Å². The van der Waals surface area contributed by atoms with Crippen LogP contribution in [0, 0.1) is 6.07 Å². The zero-order valence-corrected chi connectivity index (χ0v) is 20.5.